The standard InChI is InChI=1S/C10H11NO4/c12-9(13)6-11(7-3-4-7)10(14)8-2-1-5-15-8/h1-2,5,7H,3-4,6H2,(H,12,13). The number of aliphatic carboxylic acids is 1. The summed E-state index contributed by atoms with van der Waals surface area (Å²) in [7, 11) is 0. The lowest BCUT2D eigenvalue weighted by Crippen LogP contribution is -2.37. The fourth-order valence-corrected chi connectivity index (χ4v) is 1.44. The zero-order valence-electron chi connectivity index (χ0n) is 8.05. The number of carbonyl (C=O) groups excluding carboxylic acids is 1. The van der Waals surface area contributed by atoms with E-state index < -0.39 is 5.97 Å². The van der Waals surface area contributed by atoms with Crippen molar-refractivity contribution >= 4 is 11.9 Å². The maximum atomic E-state index is 11.8. The van der Waals surface area contributed by atoms with Crippen LogP contribution in [0.5, 0.6) is 0 Å². The van der Waals surface area contributed by atoms with Crippen molar-refractivity contribution in [1.29, 1.82) is 0 Å². The molecule has 1 N–H and O–H groups in total. The Morgan fingerprint density at radius 2 is 2.27 bits per heavy atom. The highest BCUT2D eigenvalue weighted by atomic mass is 16.4. The average Bonchev–Trinajstić information content (AvgIpc) is 2.88. The zero-order valence-corrected chi connectivity index (χ0v) is 8.05. The first-order valence-electron chi connectivity index (χ1n) is 4.75. The van der Waals surface area contributed by atoms with E-state index in [0.29, 0.717) is 0 Å². The van der Waals surface area contributed by atoms with Gasteiger partial charge in [0.05, 0.1) is 6.26 Å². The minimum absolute atomic E-state index is 0.0682. The summed E-state index contributed by atoms with van der Waals surface area (Å²) in [5, 5.41) is 8.68. The van der Waals surface area contributed by atoms with E-state index in [0.717, 1.165) is 12.8 Å². The van der Waals surface area contributed by atoms with Crippen molar-refractivity contribution in [1.82, 2.24) is 4.90 Å². The third-order valence-electron chi connectivity index (χ3n) is 2.29. The minimum Gasteiger partial charge on any atom is -0.480 e. The molecule has 1 amide bonds. The normalized spacial score (nSPS) is 14.9. The number of carboxylic acids is 1. The van der Waals surface area contributed by atoms with Crippen LogP contribution in [0.2, 0.25) is 0 Å². The van der Waals surface area contributed by atoms with Crippen LogP contribution in [0, 0.1) is 0 Å². The van der Waals surface area contributed by atoms with E-state index in [-0.39, 0.29) is 24.3 Å². The maximum Gasteiger partial charge on any atom is 0.323 e. The monoisotopic (exact) mass is 209 g/mol. The quantitative estimate of drug-likeness (QED) is 0.802. The lowest BCUT2D eigenvalue weighted by Gasteiger charge is -2.18. The molecule has 0 spiro atoms. The number of nitrogens with zero attached hydrogens (tertiary/aromatic N) is 1. The van der Waals surface area contributed by atoms with E-state index in [9.17, 15) is 9.59 Å². The molecule has 0 atom stereocenters. The Morgan fingerprint density at radius 3 is 2.73 bits per heavy atom. The fraction of sp³-hybridized carbons (Fsp3) is 0.400. The largest absolute Gasteiger partial charge is 0.480 e. The second kappa shape index (κ2) is 3.76. The van der Waals surface area contributed by atoms with Crippen molar-refractivity contribution in [2.75, 3.05) is 6.54 Å². The van der Waals surface area contributed by atoms with Gasteiger partial charge in [0.25, 0.3) is 5.91 Å². The molecule has 1 heterocycles. The molecule has 80 valence electrons. The molecule has 1 aliphatic carbocycles. The van der Waals surface area contributed by atoms with Crippen LogP contribution in [0.3, 0.4) is 0 Å². The fourth-order valence-electron chi connectivity index (χ4n) is 1.44. The summed E-state index contributed by atoms with van der Waals surface area (Å²) in [6.07, 6.45) is 3.15. The third kappa shape index (κ3) is 2.18. The van der Waals surface area contributed by atoms with Gasteiger partial charge in [-0.3, -0.25) is 9.59 Å². The van der Waals surface area contributed by atoms with Crippen molar-refractivity contribution < 1.29 is 19.1 Å². The van der Waals surface area contributed by atoms with Gasteiger partial charge in [-0.15, -0.1) is 0 Å². The Bertz CT molecular complexity index is 367. The van der Waals surface area contributed by atoms with Crippen molar-refractivity contribution in [3.8, 4) is 0 Å². The van der Waals surface area contributed by atoms with E-state index in [4.69, 9.17) is 9.52 Å². The first-order valence-corrected chi connectivity index (χ1v) is 4.75. The molecular weight excluding hydrogens is 198 g/mol. The number of furan rings is 1. The van der Waals surface area contributed by atoms with Crippen molar-refractivity contribution in [2.45, 2.75) is 18.9 Å². The van der Waals surface area contributed by atoms with E-state index in [1.54, 1.807) is 12.1 Å². The first kappa shape index (κ1) is 9.76. The summed E-state index contributed by atoms with van der Waals surface area (Å²) in [6, 6.07) is 3.22. The minimum atomic E-state index is -0.998. The molecule has 1 aliphatic rings. The molecule has 0 bridgehead atoms. The molecule has 1 fully saturated rings. The predicted octanol–water partition coefficient (Wildman–Crippen LogP) is 0.969. The highest BCUT2D eigenvalue weighted by Crippen LogP contribution is 2.28. The summed E-state index contributed by atoms with van der Waals surface area (Å²) < 4.78 is 4.95. The van der Waals surface area contributed by atoms with Crippen molar-refractivity contribution in [3.05, 3.63) is 24.2 Å². The second-order valence-corrected chi connectivity index (χ2v) is 3.54. The van der Waals surface area contributed by atoms with Crippen LogP contribution in [0.4, 0.5) is 0 Å². The average molecular weight is 209 g/mol. The zero-order chi connectivity index (χ0) is 10.8. The molecule has 0 aliphatic heterocycles. The number of rotatable bonds is 4. The molecule has 0 aromatic carbocycles. The van der Waals surface area contributed by atoms with E-state index in [1.807, 2.05) is 0 Å². The van der Waals surface area contributed by atoms with Gasteiger partial charge in [0.15, 0.2) is 5.76 Å². The SMILES string of the molecule is O=C(O)CN(C(=O)c1ccco1)C1CC1. The van der Waals surface area contributed by atoms with Gasteiger partial charge in [-0.1, -0.05) is 0 Å². The van der Waals surface area contributed by atoms with Crippen LogP contribution in [-0.4, -0.2) is 34.5 Å². The van der Waals surface area contributed by atoms with Gasteiger partial charge < -0.3 is 14.4 Å². The summed E-state index contributed by atoms with van der Waals surface area (Å²) in [5.74, 6) is -1.14. The van der Waals surface area contributed by atoms with E-state index in [2.05, 4.69) is 0 Å². The summed E-state index contributed by atoms with van der Waals surface area (Å²) in [4.78, 5) is 23.7. The summed E-state index contributed by atoms with van der Waals surface area (Å²) >= 11 is 0. The van der Waals surface area contributed by atoms with Crippen LogP contribution in [0.15, 0.2) is 22.8 Å². The van der Waals surface area contributed by atoms with Crippen LogP contribution in [0.25, 0.3) is 0 Å². The first-order chi connectivity index (χ1) is 7.18. The number of carboxylic acid groups (broad SMARTS) is 1. The van der Waals surface area contributed by atoms with Crippen LogP contribution in [-0.2, 0) is 4.79 Å². The summed E-state index contributed by atoms with van der Waals surface area (Å²) in [5.41, 5.74) is 0. The molecule has 2 rings (SSSR count). The molecule has 5 heteroatoms. The maximum absolute atomic E-state index is 11.8. The number of carbonyl (C=O) groups is 2. The Kier molecular flexibility index (Phi) is 2.45. The molecule has 0 radical (unpaired) electrons. The number of amides is 1. The molecule has 0 unspecified atom stereocenters. The molecule has 0 saturated heterocycles. The topological polar surface area (TPSA) is 70.8 Å². The number of hydrogen-bond donors (Lipinski definition) is 1. The lowest BCUT2D eigenvalue weighted by molar-refractivity contribution is -0.137. The summed E-state index contributed by atoms with van der Waals surface area (Å²) in [6.45, 7) is -0.260. The van der Waals surface area contributed by atoms with Gasteiger partial charge in [0, 0.05) is 6.04 Å². The molecule has 1 aromatic heterocycles. The number of hydrogen-bond acceptors (Lipinski definition) is 3. The van der Waals surface area contributed by atoms with Crippen LogP contribution < -0.4 is 0 Å². The van der Waals surface area contributed by atoms with Gasteiger partial charge >= 0.3 is 5.97 Å². The predicted molar refractivity (Wildman–Crippen MR) is 50.4 cm³/mol. The third-order valence-corrected chi connectivity index (χ3v) is 2.29. The van der Waals surface area contributed by atoms with Crippen molar-refractivity contribution in [2.24, 2.45) is 0 Å². The molecule has 1 saturated carbocycles. The van der Waals surface area contributed by atoms with Gasteiger partial charge in [0.2, 0.25) is 0 Å². The molecular formula is C10H11NO4. The van der Waals surface area contributed by atoms with Crippen LogP contribution in [0.1, 0.15) is 23.4 Å². The highest BCUT2D eigenvalue weighted by Gasteiger charge is 2.35. The van der Waals surface area contributed by atoms with Gasteiger partial charge in [0.1, 0.15) is 6.54 Å². The van der Waals surface area contributed by atoms with Gasteiger partial charge in [-0.2, -0.15) is 0 Å². The van der Waals surface area contributed by atoms with E-state index in [1.165, 1.54) is 11.2 Å². The lowest BCUT2D eigenvalue weighted by atomic mass is 10.3. The smallest absolute Gasteiger partial charge is 0.323 e. The Morgan fingerprint density at radius 1 is 1.53 bits per heavy atom. The molecule has 5 nitrogen and oxygen atoms in total. The van der Waals surface area contributed by atoms with Crippen molar-refractivity contribution in [3.63, 3.8) is 0 Å². The van der Waals surface area contributed by atoms with E-state index >= 15 is 0 Å². The Hall–Kier alpha value is -1.78. The molecule has 15 heavy (non-hydrogen) atoms. The Labute approximate surface area is 86.3 Å². The van der Waals surface area contributed by atoms with Gasteiger partial charge in [-0.05, 0) is 25.0 Å². The Balaban J connectivity index is 2.10. The van der Waals surface area contributed by atoms with Crippen LogP contribution >= 0.6 is 0 Å². The highest BCUT2D eigenvalue weighted by molar-refractivity contribution is 5.93. The second-order valence-electron chi connectivity index (χ2n) is 3.54. The molecule has 1 aromatic rings. The van der Waals surface area contributed by atoms with Gasteiger partial charge in [-0.25, -0.2) is 0 Å².